The zero-order valence-corrected chi connectivity index (χ0v) is 13.1. The van der Waals surface area contributed by atoms with Crippen molar-refractivity contribution in [2.24, 2.45) is 0 Å². The van der Waals surface area contributed by atoms with E-state index in [-0.39, 0.29) is 0 Å². The molecule has 3 rings (SSSR count). The molecule has 102 valence electrons. The van der Waals surface area contributed by atoms with Crippen LogP contribution in [-0.4, -0.2) is 14.8 Å². The van der Waals surface area contributed by atoms with Gasteiger partial charge in [-0.15, -0.1) is 0 Å². The monoisotopic (exact) mass is 350 g/mol. The van der Waals surface area contributed by atoms with E-state index in [2.05, 4.69) is 26.0 Å². The molecule has 3 aromatic rings. The minimum Gasteiger partial charge on any atom is -0.383 e. The number of aromatic nitrogens is 3. The molecule has 6 heteroatoms. The lowest BCUT2D eigenvalue weighted by atomic mass is 10.1. The van der Waals surface area contributed by atoms with E-state index in [1.807, 2.05) is 31.2 Å². The van der Waals surface area contributed by atoms with Gasteiger partial charge in [0, 0.05) is 22.2 Å². The van der Waals surface area contributed by atoms with Crippen LogP contribution in [0.4, 0.5) is 5.82 Å². The van der Waals surface area contributed by atoms with Crippen LogP contribution in [0, 0.1) is 6.92 Å². The van der Waals surface area contributed by atoms with Crippen molar-refractivity contribution in [1.29, 1.82) is 0 Å². The molecule has 0 spiro atoms. The highest BCUT2D eigenvalue weighted by molar-refractivity contribution is 9.10. The Morgan fingerprint density at radius 3 is 2.85 bits per heavy atom. The van der Waals surface area contributed by atoms with Crippen molar-refractivity contribution >= 4 is 44.3 Å². The summed E-state index contributed by atoms with van der Waals surface area (Å²) in [5.41, 5.74) is 8.81. The molecule has 0 aliphatic rings. The topological polar surface area (TPSA) is 56.7 Å². The fourth-order valence-electron chi connectivity index (χ4n) is 2.18. The smallest absolute Gasteiger partial charge is 0.136 e. The summed E-state index contributed by atoms with van der Waals surface area (Å²) in [7, 11) is 0. The van der Waals surface area contributed by atoms with Gasteiger partial charge in [-0.3, -0.25) is 4.98 Å². The maximum atomic E-state index is 6.20. The summed E-state index contributed by atoms with van der Waals surface area (Å²) in [6.45, 7) is 2.47. The molecule has 2 N–H and O–H groups in total. The van der Waals surface area contributed by atoms with Crippen LogP contribution in [0.1, 0.15) is 11.3 Å². The normalized spacial score (nSPS) is 11.2. The third kappa shape index (κ3) is 2.17. The number of aryl methyl sites for hydroxylation is 1. The second-order valence-electron chi connectivity index (χ2n) is 4.55. The lowest BCUT2D eigenvalue weighted by molar-refractivity contribution is 0.691. The van der Waals surface area contributed by atoms with E-state index in [0.717, 1.165) is 26.6 Å². The Kier molecular flexibility index (Phi) is 3.40. The van der Waals surface area contributed by atoms with Gasteiger partial charge in [0.1, 0.15) is 5.82 Å². The Morgan fingerprint density at radius 1 is 1.35 bits per heavy atom. The maximum absolute atomic E-state index is 6.20. The Hall–Kier alpha value is -1.59. The van der Waals surface area contributed by atoms with E-state index in [0.29, 0.717) is 17.4 Å². The number of benzene rings is 1. The van der Waals surface area contributed by atoms with E-state index in [1.165, 1.54) is 0 Å². The molecule has 20 heavy (non-hydrogen) atoms. The molecule has 2 heterocycles. The third-order valence-corrected chi connectivity index (χ3v) is 4.52. The molecule has 4 nitrogen and oxygen atoms in total. The lowest BCUT2D eigenvalue weighted by Gasteiger charge is -2.08. The second kappa shape index (κ2) is 5.07. The van der Waals surface area contributed by atoms with Gasteiger partial charge in [-0.2, -0.15) is 5.10 Å². The number of hydrogen-bond acceptors (Lipinski definition) is 3. The van der Waals surface area contributed by atoms with E-state index in [4.69, 9.17) is 17.3 Å². The molecule has 0 amide bonds. The number of anilines is 1. The number of pyridine rings is 1. The van der Waals surface area contributed by atoms with Gasteiger partial charge < -0.3 is 5.73 Å². The molecule has 0 fully saturated rings. The minimum absolute atomic E-state index is 0.558. The van der Waals surface area contributed by atoms with Gasteiger partial charge in [-0.25, -0.2) is 4.68 Å². The summed E-state index contributed by atoms with van der Waals surface area (Å²) in [6, 6.07) is 7.67. The molecular weight excluding hydrogens is 340 g/mol. The summed E-state index contributed by atoms with van der Waals surface area (Å²) in [4.78, 5) is 4.42. The summed E-state index contributed by atoms with van der Waals surface area (Å²) in [5, 5.41) is 6.05. The van der Waals surface area contributed by atoms with E-state index < -0.39 is 0 Å². The lowest BCUT2D eigenvalue weighted by Crippen LogP contribution is -2.07. The molecule has 0 saturated carbocycles. The number of nitrogen functional groups attached to an aromatic ring is 1. The first-order chi connectivity index (χ1) is 9.58. The van der Waals surface area contributed by atoms with Gasteiger partial charge in [-0.1, -0.05) is 17.7 Å². The summed E-state index contributed by atoms with van der Waals surface area (Å²) in [6.07, 6.45) is 1.76. The average molecular weight is 352 g/mol. The van der Waals surface area contributed by atoms with Crippen molar-refractivity contribution in [1.82, 2.24) is 14.8 Å². The Morgan fingerprint density at radius 2 is 2.15 bits per heavy atom. The zero-order chi connectivity index (χ0) is 14.3. The van der Waals surface area contributed by atoms with Gasteiger partial charge in [0.2, 0.25) is 0 Å². The molecule has 0 aliphatic heterocycles. The number of nitrogens with two attached hydrogens (primary N) is 1. The van der Waals surface area contributed by atoms with Crippen LogP contribution in [0.25, 0.3) is 10.9 Å². The fourth-order valence-corrected chi connectivity index (χ4v) is 2.68. The van der Waals surface area contributed by atoms with Crippen LogP contribution in [0.3, 0.4) is 0 Å². The van der Waals surface area contributed by atoms with Gasteiger partial charge >= 0.3 is 0 Å². The highest BCUT2D eigenvalue weighted by atomic mass is 79.9. The van der Waals surface area contributed by atoms with Crippen molar-refractivity contribution < 1.29 is 0 Å². The molecule has 0 unspecified atom stereocenters. The van der Waals surface area contributed by atoms with Crippen LogP contribution in [0.2, 0.25) is 5.02 Å². The van der Waals surface area contributed by atoms with E-state index >= 15 is 0 Å². The molecular formula is C14H12BrClN4. The first-order valence-electron chi connectivity index (χ1n) is 6.08. The number of hydrogen-bond donors (Lipinski definition) is 1. The molecule has 1 aromatic carbocycles. The molecule has 2 aromatic heterocycles. The summed E-state index contributed by atoms with van der Waals surface area (Å²) < 4.78 is 2.60. The highest BCUT2D eigenvalue weighted by Gasteiger charge is 2.12. The Labute approximate surface area is 129 Å². The van der Waals surface area contributed by atoms with E-state index in [9.17, 15) is 0 Å². The first-order valence-corrected chi connectivity index (χ1v) is 7.25. The highest BCUT2D eigenvalue weighted by Crippen LogP contribution is 2.27. The molecule has 0 saturated heterocycles. The predicted molar refractivity (Wildman–Crippen MR) is 84.9 cm³/mol. The third-order valence-electron chi connectivity index (χ3n) is 3.21. The fraction of sp³-hybridized carbons (Fsp3) is 0.143. The zero-order valence-electron chi connectivity index (χ0n) is 10.8. The minimum atomic E-state index is 0.558. The molecule has 0 radical (unpaired) electrons. The van der Waals surface area contributed by atoms with Crippen LogP contribution >= 0.6 is 27.5 Å². The van der Waals surface area contributed by atoms with Crippen molar-refractivity contribution in [3.05, 3.63) is 51.2 Å². The number of rotatable bonds is 2. The number of halogens is 2. The van der Waals surface area contributed by atoms with Gasteiger partial charge in [0.05, 0.1) is 22.2 Å². The summed E-state index contributed by atoms with van der Waals surface area (Å²) in [5.74, 6) is 0.613. The predicted octanol–water partition coefficient (Wildman–Crippen LogP) is 3.79. The SMILES string of the molecule is Cc1nn(Cc2ccc(Cl)c3cccnc23)c(N)c1Br. The molecule has 0 aliphatic carbocycles. The van der Waals surface area contributed by atoms with Crippen LogP contribution in [0.5, 0.6) is 0 Å². The Bertz CT molecular complexity index is 797. The van der Waals surface area contributed by atoms with Crippen molar-refractivity contribution in [2.45, 2.75) is 13.5 Å². The van der Waals surface area contributed by atoms with Crippen molar-refractivity contribution in [3.63, 3.8) is 0 Å². The average Bonchev–Trinajstić information content (AvgIpc) is 2.70. The van der Waals surface area contributed by atoms with Gasteiger partial charge in [0.25, 0.3) is 0 Å². The standard InChI is InChI=1S/C14H12BrClN4/c1-8-12(15)14(17)20(19-8)7-9-4-5-11(16)10-3-2-6-18-13(9)10/h2-6H,7,17H2,1H3. The molecule has 0 bridgehead atoms. The second-order valence-corrected chi connectivity index (χ2v) is 5.75. The van der Waals surface area contributed by atoms with E-state index in [1.54, 1.807) is 10.9 Å². The van der Waals surface area contributed by atoms with Crippen LogP contribution in [-0.2, 0) is 6.54 Å². The van der Waals surface area contributed by atoms with Crippen LogP contribution < -0.4 is 5.73 Å². The quantitative estimate of drug-likeness (QED) is 0.764. The van der Waals surface area contributed by atoms with Gasteiger partial charge in [0.15, 0.2) is 0 Å². The van der Waals surface area contributed by atoms with Crippen molar-refractivity contribution in [2.75, 3.05) is 5.73 Å². The largest absolute Gasteiger partial charge is 0.383 e. The Balaban J connectivity index is 2.11. The van der Waals surface area contributed by atoms with Gasteiger partial charge in [-0.05, 0) is 41.1 Å². The first kappa shape index (κ1) is 13.4. The number of fused-ring (bicyclic) bond motifs is 1. The summed E-state index contributed by atoms with van der Waals surface area (Å²) >= 11 is 9.63. The van der Waals surface area contributed by atoms with Crippen LogP contribution in [0.15, 0.2) is 34.9 Å². The molecule has 0 atom stereocenters. The number of nitrogens with zero attached hydrogens (tertiary/aromatic N) is 3. The van der Waals surface area contributed by atoms with Crippen molar-refractivity contribution in [3.8, 4) is 0 Å². The maximum Gasteiger partial charge on any atom is 0.136 e.